The number of cyclic esters (lactones) is 1. The Morgan fingerprint density at radius 1 is 0.815 bits per heavy atom. The minimum Gasteiger partial charge on any atom is -0.422 e. The van der Waals surface area contributed by atoms with Crippen molar-refractivity contribution in [3.8, 4) is 0 Å². The summed E-state index contributed by atoms with van der Waals surface area (Å²) in [5.41, 5.74) is 0.628. The maximum atomic E-state index is 13.4. The molecule has 3 aromatic rings. The summed E-state index contributed by atoms with van der Waals surface area (Å²) in [6.45, 7) is 0.218. The zero-order valence-electron chi connectivity index (χ0n) is 14.6. The second-order valence-corrected chi connectivity index (χ2v) is 6.31. The predicted molar refractivity (Wildman–Crippen MR) is 99.8 cm³/mol. The Labute approximate surface area is 157 Å². The highest BCUT2D eigenvalue weighted by molar-refractivity contribution is 6.05. The zero-order chi connectivity index (χ0) is 18.7. The van der Waals surface area contributed by atoms with Crippen molar-refractivity contribution in [2.45, 2.75) is 12.0 Å². The lowest BCUT2D eigenvalue weighted by molar-refractivity contribution is -0.134. The van der Waals surface area contributed by atoms with Gasteiger partial charge in [0.2, 0.25) is 5.60 Å². The summed E-state index contributed by atoms with van der Waals surface area (Å²) in [7, 11) is 0. The molecule has 5 heteroatoms. The van der Waals surface area contributed by atoms with Crippen molar-refractivity contribution in [3.05, 3.63) is 102 Å². The predicted octanol–water partition coefficient (Wildman–Crippen LogP) is 3.55. The molecular weight excluding hydrogens is 340 g/mol. The topological polar surface area (TPSA) is 59.5 Å². The molecule has 1 aromatic heterocycles. The van der Waals surface area contributed by atoms with Gasteiger partial charge < -0.3 is 4.74 Å². The van der Waals surface area contributed by atoms with Crippen molar-refractivity contribution in [2.75, 3.05) is 6.54 Å². The van der Waals surface area contributed by atoms with Gasteiger partial charge in [0.25, 0.3) is 5.91 Å². The molecule has 2 aromatic carbocycles. The molecule has 2 amide bonds. The van der Waals surface area contributed by atoms with Gasteiger partial charge in [-0.2, -0.15) is 0 Å². The first-order valence-electron chi connectivity index (χ1n) is 8.78. The Balaban J connectivity index is 1.71. The molecule has 0 aliphatic carbocycles. The summed E-state index contributed by atoms with van der Waals surface area (Å²) in [6, 6.07) is 23.9. The summed E-state index contributed by atoms with van der Waals surface area (Å²) in [5, 5.41) is 0. The molecule has 1 saturated heterocycles. The lowest BCUT2D eigenvalue weighted by Crippen LogP contribution is -2.40. The van der Waals surface area contributed by atoms with Crippen LogP contribution in [0.4, 0.5) is 4.79 Å². The summed E-state index contributed by atoms with van der Waals surface area (Å²) in [4.78, 5) is 31.5. The average Bonchev–Trinajstić information content (AvgIpc) is 2.99. The molecular formula is C22H18N2O3. The van der Waals surface area contributed by atoms with Gasteiger partial charge >= 0.3 is 6.09 Å². The first-order chi connectivity index (χ1) is 13.2. The van der Waals surface area contributed by atoms with Gasteiger partial charge in [0.05, 0.1) is 0 Å². The van der Waals surface area contributed by atoms with Crippen LogP contribution in [-0.2, 0) is 21.6 Å². The first kappa shape index (κ1) is 17.0. The van der Waals surface area contributed by atoms with E-state index in [0.717, 1.165) is 5.69 Å². The van der Waals surface area contributed by atoms with E-state index in [4.69, 9.17) is 4.74 Å². The molecule has 1 aliphatic rings. The number of rotatable bonds is 5. The fraction of sp³-hybridized carbons (Fsp3) is 0.136. The minimum atomic E-state index is -1.45. The number of imide groups is 1. The quantitative estimate of drug-likeness (QED) is 0.700. The maximum absolute atomic E-state index is 13.4. The lowest BCUT2D eigenvalue weighted by Gasteiger charge is -2.26. The van der Waals surface area contributed by atoms with E-state index in [0.29, 0.717) is 17.5 Å². The van der Waals surface area contributed by atoms with Crippen molar-refractivity contribution in [1.29, 1.82) is 0 Å². The molecule has 0 bridgehead atoms. The normalized spacial score (nSPS) is 15.6. The van der Waals surface area contributed by atoms with Crippen LogP contribution in [0.25, 0.3) is 0 Å². The summed E-state index contributed by atoms with van der Waals surface area (Å²) in [5.74, 6) is -0.374. The molecule has 134 valence electrons. The van der Waals surface area contributed by atoms with Gasteiger partial charge in [-0.05, 0) is 12.1 Å². The molecule has 1 aliphatic heterocycles. The van der Waals surface area contributed by atoms with Crippen LogP contribution in [0, 0.1) is 0 Å². The maximum Gasteiger partial charge on any atom is 0.418 e. The van der Waals surface area contributed by atoms with Crippen LogP contribution in [0.15, 0.2) is 85.1 Å². The van der Waals surface area contributed by atoms with E-state index in [1.54, 1.807) is 30.5 Å². The number of nitrogens with zero attached hydrogens (tertiary/aromatic N) is 2. The highest BCUT2D eigenvalue weighted by Crippen LogP contribution is 2.40. The molecule has 4 rings (SSSR count). The Hall–Kier alpha value is -3.47. The molecule has 1 fully saturated rings. The molecule has 0 atom stereocenters. The monoisotopic (exact) mass is 358 g/mol. The summed E-state index contributed by atoms with van der Waals surface area (Å²) < 4.78 is 5.75. The minimum absolute atomic E-state index is 0.218. The third-order valence-electron chi connectivity index (χ3n) is 4.69. The van der Waals surface area contributed by atoms with Crippen LogP contribution in [0.5, 0.6) is 0 Å². The van der Waals surface area contributed by atoms with E-state index in [1.807, 2.05) is 54.6 Å². The number of amides is 2. The number of aromatic nitrogens is 1. The standard InChI is InChI=1S/C22H18N2O3/c25-20-22(17-9-3-1-4-10-17,18-11-5-2-6-12-18)27-21(26)24(20)16-14-19-13-7-8-15-23-19/h1-13,15H,14,16H2. The first-order valence-corrected chi connectivity index (χ1v) is 8.78. The number of benzene rings is 2. The third-order valence-corrected chi connectivity index (χ3v) is 4.69. The van der Waals surface area contributed by atoms with E-state index in [-0.39, 0.29) is 12.5 Å². The molecule has 0 unspecified atom stereocenters. The van der Waals surface area contributed by atoms with Crippen molar-refractivity contribution >= 4 is 12.0 Å². The Bertz CT molecular complexity index is 904. The van der Waals surface area contributed by atoms with Gasteiger partial charge in [-0.15, -0.1) is 0 Å². The van der Waals surface area contributed by atoms with Crippen molar-refractivity contribution in [1.82, 2.24) is 9.88 Å². The van der Waals surface area contributed by atoms with Crippen molar-refractivity contribution in [3.63, 3.8) is 0 Å². The van der Waals surface area contributed by atoms with Gasteiger partial charge in [-0.1, -0.05) is 66.7 Å². The van der Waals surface area contributed by atoms with Gasteiger partial charge in [0.1, 0.15) is 0 Å². The van der Waals surface area contributed by atoms with E-state index >= 15 is 0 Å². The number of hydrogen-bond donors (Lipinski definition) is 0. The van der Waals surface area contributed by atoms with Gasteiger partial charge in [-0.3, -0.25) is 9.78 Å². The average molecular weight is 358 g/mol. The summed E-state index contributed by atoms with van der Waals surface area (Å²) >= 11 is 0. The highest BCUT2D eigenvalue weighted by Gasteiger charge is 2.56. The molecule has 0 N–H and O–H groups in total. The smallest absolute Gasteiger partial charge is 0.418 e. The molecule has 27 heavy (non-hydrogen) atoms. The van der Waals surface area contributed by atoms with Crippen LogP contribution in [0.2, 0.25) is 0 Å². The number of hydrogen-bond acceptors (Lipinski definition) is 4. The van der Waals surface area contributed by atoms with Gasteiger partial charge in [0.15, 0.2) is 0 Å². The number of carbonyl (C=O) groups is 2. The SMILES string of the molecule is O=C1OC(c2ccccc2)(c2ccccc2)C(=O)N1CCc1ccccn1. The van der Waals surface area contributed by atoms with Crippen LogP contribution < -0.4 is 0 Å². The Kier molecular flexibility index (Phi) is 4.42. The Morgan fingerprint density at radius 2 is 1.41 bits per heavy atom. The van der Waals surface area contributed by atoms with Crippen LogP contribution in [0.1, 0.15) is 16.8 Å². The second-order valence-electron chi connectivity index (χ2n) is 6.31. The number of pyridine rings is 1. The lowest BCUT2D eigenvalue weighted by atomic mass is 9.85. The van der Waals surface area contributed by atoms with E-state index in [9.17, 15) is 9.59 Å². The highest BCUT2D eigenvalue weighted by atomic mass is 16.6. The summed E-state index contributed by atoms with van der Waals surface area (Å²) in [6.07, 6.45) is 1.53. The van der Waals surface area contributed by atoms with Crippen molar-refractivity contribution < 1.29 is 14.3 Å². The largest absolute Gasteiger partial charge is 0.422 e. The van der Waals surface area contributed by atoms with Crippen molar-refractivity contribution in [2.24, 2.45) is 0 Å². The Morgan fingerprint density at radius 3 is 1.96 bits per heavy atom. The van der Waals surface area contributed by atoms with Crippen LogP contribution >= 0.6 is 0 Å². The van der Waals surface area contributed by atoms with Crippen LogP contribution in [-0.4, -0.2) is 28.4 Å². The molecule has 0 radical (unpaired) electrons. The fourth-order valence-corrected chi connectivity index (χ4v) is 3.35. The van der Waals surface area contributed by atoms with E-state index in [2.05, 4.69) is 4.98 Å². The van der Waals surface area contributed by atoms with Crippen LogP contribution in [0.3, 0.4) is 0 Å². The third kappa shape index (κ3) is 2.97. The molecule has 5 nitrogen and oxygen atoms in total. The molecule has 0 saturated carbocycles. The van der Waals surface area contributed by atoms with E-state index in [1.165, 1.54) is 4.90 Å². The van der Waals surface area contributed by atoms with Gasteiger partial charge in [-0.25, -0.2) is 9.69 Å². The van der Waals surface area contributed by atoms with Gasteiger partial charge in [0, 0.05) is 36.0 Å². The molecule has 0 spiro atoms. The molecule has 2 heterocycles. The zero-order valence-corrected chi connectivity index (χ0v) is 14.6. The second kappa shape index (κ2) is 7.03. The fourth-order valence-electron chi connectivity index (χ4n) is 3.35. The van der Waals surface area contributed by atoms with E-state index < -0.39 is 11.7 Å². The number of carbonyl (C=O) groups excluding carboxylic acids is 2. The number of ether oxygens (including phenoxy) is 1.